The summed E-state index contributed by atoms with van der Waals surface area (Å²) in [7, 11) is 1.38. The molecule has 1 unspecified atom stereocenters. The van der Waals surface area contributed by atoms with Crippen LogP contribution in [0.4, 0.5) is 4.39 Å². The molecular formula is C15H19FN2O7S. The Morgan fingerprint density at radius 3 is 2.92 bits per heavy atom. The molecule has 0 aliphatic carbocycles. The van der Waals surface area contributed by atoms with Crippen molar-refractivity contribution in [1.82, 2.24) is 9.55 Å². The first-order valence-electron chi connectivity index (χ1n) is 8.03. The number of hydrogen-bond donors (Lipinski definition) is 2. The molecule has 2 fully saturated rings. The van der Waals surface area contributed by atoms with Gasteiger partial charge in [0.2, 0.25) is 11.6 Å². The van der Waals surface area contributed by atoms with Gasteiger partial charge in [-0.3, -0.25) is 19.1 Å². The van der Waals surface area contributed by atoms with Crippen LogP contribution >= 0.6 is 11.8 Å². The van der Waals surface area contributed by atoms with Crippen LogP contribution in [0, 0.1) is 5.82 Å². The average molecular weight is 390 g/mol. The fourth-order valence-corrected chi connectivity index (χ4v) is 4.11. The number of carbonyl (C=O) groups is 1. The molecule has 3 rings (SSSR count). The fourth-order valence-electron chi connectivity index (χ4n) is 3.05. The third kappa shape index (κ3) is 3.43. The lowest BCUT2D eigenvalue weighted by Gasteiger charge is -2.30. The monoisotopic (exact) mass is 390 g/mol. The maximum Gasteiger partial charge on any atom is 0.328 e. The first-order chi connectivity index (χ1) is 12.3. The molecule has 0 saturated carbocycles. The van der Waals surface area contributed by atoms with Crippen molar-refractivity contribution < 1.29 is 28.5 Å². The van der Waals surface area contributed by atoms with Gasteiger partial charge in [0.25, 0.3) is 5.56 Å². The Hall–Kier alpha value is -1.69. The standard InChI is InChI=1S/C15H19FN2O7S/c1-3-9(13(20)21)26-5-8-10-11(24-10)15(23-2,25-8)6-18-4-7(16)12(19)17-14(18)22/h4,8-11H,3,5-6H2,1-2H3,(H,20,21)(H,17,19,22)/t8-,9?,10+,11+,15+/m1/s1. The first-order valence-corrected chi connectivity index (χ1v) is 9.08. The quantitative estimate of drug-likeness (QED) is 0.584. The van der Waals surface area contributed by atoms with E-state index in [2.05, 4.69) is 0 Å². The van der Waals surface area contributed by atoms with Crippen LogP contribution in [0.3, 0.4) is 0 Å². The number of aromatic amines is 1. The highest BCUT2D eigenvalue weighted by atomic mass is 32.2. The van der Waals surface area contributed by atoms with Crippen molar-refractivity contribution in [2.24, 2.45) is 0 Å². The maximum absolute atomic E-state index is 13.5. The summed E-state index contributed by atoms with van der Waals surface area (Å²) in [6.07, 6.45) is 0.120. The molecule has 2 N–H and O–H groups in total. The number of fused-ring (bicyclic) bond motifs is 1. The summed E-state index contributed by atoms with van der Waals surface area (Å²) in [6.45, 7) is 1.61. The van der Waals surface area contributed by atoms with Crippen LogP contribution in [-0.4, -0.2) is 62.8 Å². The number of nitrogens with zero attached hydrogens (tertiary/aromatic N) is 1. The van der Waals surface area contributed by atoms with Crippen molar-refractivity contribution in [3.8, 4) is 0 Å². The number of nitrogens with one attached hydrogen (secondary N) is 1. The molecule has 5 atom stereocenters. The topological polar surface area (TPSA) is 123 Å². The molecule has 0 spiro atoms. The van der Waals surface area contributed by atoms with Crippen LogP contribution in [0.15, 0.2) is 15.8 Å². The number of rotatable bonds is 8. The Balaban J connectivity index is 1.73. The maximum atomic E-state index is 13.5. The van der Waals surface area contributed by atoms with Crippen molar-refractivity contribution >= 4 is 17.7 Å². The van der Waals surface area contributed by atoms with E-state index in [0.29, 0.717) is 12.2 Å². The number of aliphatic carboxylic acids is 1. The number of epoxide rings is 1. The predicted octanol–water partition coefficient (Wildman–Crippen LogP) is -0.219. The zero-order chi connectivity index (χ0) is 19.1. The van der Waals surface area contributed by atoms with Crippen LogP contribution < -0.4 is 11.2 Å². The molecule has 0 aromatic carbocycles. The highest BCUT2D eigenvalue weighted by Crippen LogP contribution is 2.48. The van der Waals surface area contributed by atoms with E-state index in [0.717, 1.165) is 10.8 Å². The van der Waals surface area contributed by atoms with Crippen molar-refractivity contribution in [2.75, 3.05) is 12.9 Å². The number of carboxylic acids is 1. The minimum absolute atomic E-state index is 0.172. The summed E-state index contributed by atoms with van der Waals surface area (Å²) in [6, 6.07) is 0. The smallest absolute Gasteiger partial charge is 0.328 e. The van der Waals surface area contributed by atoms with Crippen molar-refractivity contribution in [2.45, 2.75) is 49.2 Å². The summed E-state index contributed by atoms with van der Waals surface area (Å²) < 4.78 is 31.4. The number of halogens is 1. The van der Waals surface area contributed by atoms with E-state index in [1.54, 1.807) is 6.92 Å². The van der Waals surface area contributed by atoms with Gasteiger partial charge in [-0.1, -0.05) is 6.92 Å². The van der Waals surface area contributed by atoms with Crippen molar-refractivity contribution in [1.29, 1.82) is 0 Å². The lowest BCUT2D eigenvalue weighted by atomic mass is 10.1. The van der Waals surface area contributed by atoms with E-state index in [1.165, 1.54) is 18.9 Å². The Morgan fingerprint density at radius 1 is 1.58 bits per heavy atom. The van der Waals surface area contributed by atoms with E-state index in [-0.39, 0.29) is 12.6 Å². The van der Waals surface area contributed by atoms with E-state index < -0.39 is 46.3 Å². The Labute approximate surface area is 151 Å². The molecule has 2 aliphatic rings. The third-order valence-electron chi connectivity index (χ3n) is 4.49. The van der Waals surface area contributed by atoms with Crippen LogP contribution in [0.2, 0.25) is 0 Å². The van der Waals surface area contributed by atoms with Gasteiger partial charge in [-0.15, -0.1) is 11.8 Å². The van der Waals surface area contributed by atoms with Gasteiger partial charge < -0.3 is 19.3 Å². The molecule has 11 heteroatoms. The van der Waals surface area contributed by atoms with Gasteiger partial charge >= 0.3 is 11.7 Å². The number of hydrogen-bond acceptors (Lipinski definition) is 7. The summed E-state index contributed by atoms with van der Waals surface area (Å²) in [5.41, 5.74) is -1.89. The zero-order valence-corrected chi connectivity index (χ0v) is 15.0. The lowest BCUT2D eigenvalue weighted by Crippen LogP contribution is -2.47. The molecule has 3 heterocycles. The molecule has 144 valence electrons. The molecule has 0 radical (unpaired) electrons. The second-order valence-corrected chi connectivity index (χ2v) is 7.36. The lowest BCUT2D eigenvalue weighted by molar-refractivity contribution is -0.250. The zero-order valence-electron chi connectivity index (χ0n) is 14.1. The molecule has 1 aromatic rings. The highest BCUT2D eigenvalue weighted by Gasteiger charge is 2.67. The number of aromatic nitrogens is 2. The van der Waals surface area contributed by atoms with Crippen LogP contribution in [-0.2, 0) is 25.5 Å². The van der Waals surface area contributed by atoms with E-state index in [9.17, 15) is 18.8 Å². The largest absolute Gasteiger partial charge is 0.480 e. The van der Waals surface area contributed by atoms with Crippen LogP contribution in [0.25, 0.3) is 0 Å². The first kappa shape index (κ1) is 19.1. The van der Waals surface area contributed by atoms with E-state index >= 15 is 0 Å². The summed E-state index contributed by atoms with van der Waals surface area (Å²) >= 11 is 1.25. The van der Waals surface area contributed by atoms with Crippen LogP contribution in [0.1, 0.15) is 13.3 Å². The molecule has 9 nitrogen and oxygen atoms in total. The van der Waals surface area contributed by atoms with Crippen molar-refractivity contribution in [3.63, 3.8) is 0 Å². The third-order valence-corrected chi connectivity index (χ3v) is 5.95. The minimum atomic E-state index is -1.31. The molecule has 1 aromatic heterocycles. The van der Waals surface area contributed by atoms with Gasteiger partial charge in [0.1, 0.15) is 17.5 Å². The predicted molar refractivity (Wildman–Crippen MR) is 88.7 cm³/mol. The second kappa shape index (κ2) is 7.14. The van der Waals surface area contributed by atoms with E-state index in [4.69, 9.17) is 19.3 Å². The van der Waals surface area contributed by atoms with E-state index in [1.807, 2.05) is 4.98 Å². The fraction of sp³-hybridized carbons (Fsp3) is 0.667. The minimum Gasteiger partial charge on any atom is -0.480 e. The highest BCUT2D eigenvalue weighted by molar-refractivity contribution is 8.00. The molecule has 26 heavy (non-hydrogen) atoms. The van der Waals surface area contributed by atoms with Gasteiger partial charge in [-0.2, -0.15) is 4.39 Å². The number of H-pyrrole nitrogens is 1. The normalized spacial score (nSPS) is 30.8. The molecule has 0 bridgehead atoms. The van der Waals surface area contributed by atoms with Gasteiger partial charge in [-0.25, -0.2) is 4.79 Å². The molecular weight excluding hydrogens is 371 g/mol. The molecule has 2 saturated heterocycles. The van der Waals surface area contributed by atoms with Crippen LogP contribution in [0.5, 0.6) is 0 Å². The summed E-state index contributed by atoms with van der Waals surface area (Å²) in [5, 5.41) is 8.57. The van der Waals surface area contributed by atoms with Gasteiger partial charge in [0, 0.05) is 12.9 Å². The number of carboxylic acid groups (broad SMARTS) is 1. The van der Waals surface area contributed by atoms with Gasteiger partial charge in [-0.05, 0) is 6.42 Å². The van der Waals surface area contributed by atoms with Gasteiger partial charge in [0.15, 0.2) is 0 Å². The molecule has 0 amide bonds. The number of ether oxygens (including phenoxy) is 3. The summed E-state index contributed by atoms with van der Waals surface area (Å²) in [4.78, 5) is 36.0. The van der Waals surface area contributed by atoms with Gasteiger partial charge in [0.05, 0.1) is 18.8 Å². The Bertz CT molecular complexity index is 812. The van der Waals surface area contributed by atoms with Crippen molar-refractivity contribution in [3.05, 3.63) is 32.9 Å². The average Bonchev–Trinajstić information content (AvgIpc) is 3.34. The number of thioether (sulfide) groups is 1. The second-order valence-electron chi connectivity index (χ2n) is 6.13. The Kier molecular flexibility index (Phi) is 5.24. The summed E-state index contributed by atoms with van der Waals surface area (Å²) in [5.74, 6) is -2.92. The molecule has 2 aliphatic heterocycles. The Morgan fingerprint density at radius 2 is 2.31 bits per heavy atom. The SMILES string of the molecule is CCC(SC[C@H]1O[C@](Cn2cc(F)c(=O)[nH]c2=O)(OC)[C@H]2O[C@@H]12)C(=O)O. The number of methoxy groups -OCH3 is 1.